The van der Waals surface area contributed by atoms with E-state index < -0.39 is 17.7 Å². The summed E-state index contributed by atoms with van der Waals surface area (Å²) in [4.78, 5) is 11.2. The molecule has 3 nitrogen and oxygen atoms in total. The average Bonchev–Trinajstić information content (AvgIpc) is 2.27. The fourth-order valence-corrected chi connectivity index (χ4v) is 1.40. The van der Waals surface area contributed by atoms with Gasteiger partial charge in [-0.15, -0.1) is 0 Å². The number of ether oxygens (including phenoxy) is 1. The van der Waals surface area contributed by atoms with Gasteiger partial charge in [-0.2, -0.15) is 18.4 Å². The second kappa shape index (κ2) is 5.54. The maximum absolute atomic E-state index is 12.5. The van der Waals surface area contributed by atoms with Gasteiger partial charge >= 0.3 is 12.1 Å². The van der Waals surface area contributed by atoms with Crippen molar-refractivity contribution < 1.29 is 22.7 Å². The van der Waals surface area contributed by atoms with E-state index >= 15 is 0 Å². The van der Waals surface area contributed by atoms with Crippen LogP contribution >= 0.6 is 0 Å². The zero-order valence-electron chi connectivity index (χ0n) is 9.54. The van der Waals surface area contributed by atoms with Crippen LogP contribution in [0.3, 0.4) is 0 Å². The molecule has 0 aliphatic rings. The number of benzene rings is 1. The first kappa shape index (κ1) is 14.0. The molecule has 18 heavy (non-hydrogen) atoms. The third kappa shape index (κ3) is 3.77. The minimum absolute atomic E-state index is 0.111. The summed E-state index contributed by atoms with van der Waals surface area (Å²) in [5.74, 6) is -0.624. The second-order valence-corrected chi connectivity index (χ2v) is 3.51. The molecule has 1 aromatic rings. The first-order chi connectivity index (χ1) is 8.36. The molecule has 0 N–H and O–H groups in total. The Kier molecular flexibility index (Phi) is 4.32. The quantitative estimate of drug-likeness (QED) is 0.782. The number of hydrogen-bond donors (Lipinski definition) is 0. The summed E-state index contributed by atoms with van der Waals surface area (Å²) in [6.45, 7) is 1.76. The van der Waals surface area contributed by atoms with Crippen molar-refractivity contribution in [3.05, 3.63) is 34.9 Å². The largest absolute Gasteiger partial charge is 0.466 e. The molecule has 0 bridgehead atoms. The monoisotopic (exact) mass is 257 g/mol. The van der Waals surface area contributed by atoms with E-state index in [0.29, 0.717) is 0 Å². The van der Waals surface area contributed by atoms with Gasteiger partial charge in [-0.1, -0.05) is 0 Å². The molecule has 0 radical (unpaired) electrons. The molecule has 0 heterocycles. The Bertz CT molecular complexity index is 489. The van der Waals surface area contributed by atoms with Gasteiger partial charge in [0.05, 0.1) is 30.2 Å². The van der Waals surface area contributed by atoms with Gasteiger partial charge in [0.25, 0.3) is 0 Å². The number of hydrogen-bond acceptors (Lipinski definition) is 3. The number of rotatable bonds is 3. The Morgan fingerprint density at radius 2 is 2.06 bits per heavy atom. The highest BCUT2D eigenvalue weighted by atomic mass is 19.4. The average molecular weight is 257 g/mol. The van der Waals surface area contributed by atoms with Crippen LogP contribution in [0.4, 0.5) is 13.2 Å². The Balaban J connectivity index is 3.06. The maximum atomic E-state index is 12.5. The van der Waals surface area contributed by atoms with E-state index in [0.717, 1.165) is 12.1 Å². The Labute approximate surface area is 102 Å². The van der Waals surface area contributed by atoms with Gasteiger partial charge in [-0.05, 0) is 30.7 Å². The molecule has 1 rings (SSSR count). The van der Waals surface area contributed by atoms with E-state index in [2.05, 4.69) is 4.74 Å². The Morgan fingerprint density at radius 3 is 2.56 bits per heavy atom. The fraction of sp³-hybridized carbons (Fsp3) is 0.333. The number of halogens is 3. The lowest BCUT2D eigenvalue weighted by atomic mass is 10.0. The summed E-state index contributed by atoms with van der Waals surface area (Å²) in [5.41, 5.74) is -0.968. The summed E-state index contributed by atoms with van der Waals surface area (Å²) >= 11 is 0. The van der Waals surface area contributed by atoms with E-state index in [1.807, 2.05) is 0 Å². The molecule has 1 aromatic carbocycles. The number of carbonyl (C=O) groups is 1. The van der Waals surface area contributed by atoms with Crippen LogP contribution in [-0.4, -0.2) is 12.6 Å². The van der Waals surface area contributed by atoms with Crippen LogP contribution in [0.2, 0.25) is 0 Å². The molecule has 6 heteroatoms. The highest BCUT2D eigenvalue weighted by molar-refractivity contribution is 5.72. The first-order valence-electron chi connectivity index (χ1n) is 5.13. The lowest BCUT2D eigenvalue weighted by Crippen LogP contribution is -2.10. The Hall–Kier alpha value is -2.03. The lowest BCUT2D eigenvalue weighted by Gasteiger charge is -2.09. The van der Waals surface area contributed by atoms with E-state index in [1.54, 1.807) is 13.0 Å². The third-order valence-electron chi connectivity index (χ3n) is 2.10. The standard InChI is InChI=1S/C12H10F3NO2/c1-2-18-11(17)6-8-3-9(7-16)5-10(4-8)12(13,14)15/h3-5H,2,6H2,1H3. The van der Waals surface area contributed by atoms with E-state index in [-0.39, 0.29) is 24.2 Å². The van der Waals surface area contributed by atoms with Crippen LogP contribution in [-0.2, 0) is 22.1 Å². The number of alkyl halides is 3. The molecular weight excluding hydrogens is 247 g/mol. The van der Waals surface area contributed by atoms with E-state index in [4.69, 9.17) is 5.26 Å². The van der Waals surface area contributed by atoms with Gasteiger partial charge in [-0.25, -0.2) is 0 Å². The maximum Gasteiger partial charge on any atom is 0.416 e. The molecule has 0 saturated carbocycles. The van der Waals surface area contributed by atoms with Crippen molar-refractivity contribution in [3.63, 3.8) is 0 Å². The van der Waals surface area contributed by atoms with Crippen LogP contribution in [0.25, 0.3) is 0 Å². The van der Waals surface area contributed by atoms with E-state index in [1.165, 1.54) is 6.07 Å². The minimum Gasteiger partial charge on any atom is -0.466 e. The predicted octanol–water partition coefficient (Wildman–Crippen LogP) is 2.68. The molecule has 0 unspecified atom stereocenters. The van der Waals surface area contributed by atoms with Gasteiger partial charge in [-0.3, -0.25) is 4.79 Å². The van der Waals surface area contributed by atoms with Crippen molar-refractivity contribution in [1.82, 2.24) is 0 Å². The number of esters is 1. The summed E-state index contributed by atoms with van der Waals surface area (Å²) < 4.78 is 42.3. The van der Waals surface area contributed by atoms with Gasteiger partial charge in [0.2, 0.25) is 0 Å². The van der Waals surface area contributed by atoms with Crippen molar-refractivity contribution in [3.8, 4) is 6.07 Å². The molecule has 0 spiro atoms. The Morgan fingerprint density at radius 1 is 1.39 bits per heavy atom. The van der Waals surface area contributed by atoms with Crippen LogP contribution in [0.15, 0.2) is 18.2 Å². The van der Waals surface area contributed by atoms with Crippen molar-refractivity contribution in [2.75, 3.05) is 6.61 Å². The van der Waals surface area contributed by atoms with Gasteiger partial charge in [0.1, 0.15) is 0 Å². The summed E-state index contributed by atoms with van der Waals surface area (Å²) in [6.07, 6.45) is -4.83. The zero-order chi connectivity index (χ0) is 13.8. The second-order valence-electron chi connectivity index (χ2n) is 3.51. The summed E-state index contributed by atoms with van der Waals surface area (Å²) in [6, 6.07) is 4.46. The summed E-state index contributed by atoms with van der Waals surface area (Å²) in [7, 11) is 0. The number of nitrogens with zero attached hydrogens (tertiary/aromatic N) is 1. The van der Waals surface area contributed by atoms with Crippen molar-refractivity contribution in [2.45, 2.75) is 19.5 Å². The molecule has 0 aromatic heterocycles. The smallest absolute Gasteiger partial charge is 0.416 e. The zero-order valence-corrected chi connectivity index (χ0v) is 9.54. The highest BCUT2D eigenvalue weighted by Gasteiger charge is 2.31. The van der Waals surface area contributed by atoms with Crippen LogP contribution < -0.4 is 0 Å². The summed E-state index contributed by atoms with van der Waals surface area (Å²) in [5, 5.41) is 8.66. The number of carbonyl (C=O) groups excluding carboxylic acids is 1. The molecule has 0 atom stereocenters. The van der Waals surface area contributed by atoms with Crippen molar-refractivity contribution >= 4 is 5.97 Å². The molecule has 96 valence electrons. The van der Waals surface area contributed by atoms with Gasteiger partial charge in [0.15, 0.2) is 0 Å². The topological polar surface area (TPSA) is 50.1 Å². The van der Waals surface area contributed by atoms with Crippen LogP contribution in [0, 0.1) is 11.3 Å². The molecular formula is C12H10F3NO2. The predicted molar refractivity (Wildman–Crippen MR) is 56.5 cm³/mol. The molecule has 0 fully saturated rings. The van der Waals surface area contributed by atoms with Crippen molar-refractivity contribution in [2.24, 2.45) is 0 Å². The van der Waals surface area contributed by atoms with Crippen LogP contribution in [0.5, 0.6) is 0 Å². The SMILES string of the molecule is CCOC(=O)Cc1cc(C#N)cc(C(F)(F)F)c1. The lowest BCUT2D eigenvalue weighted by molar-refractivity contribution is -0.142. The first-order valence-corrected chi connectivity index (χ1v) is 5.13. The molecule has 0 amide bonds. The van der Waals surface area contributed by atoms with Crippen molar-refractivity contribution in [1.29, 1.82) is 5.26 Å². The highest BCUT2D eigenvalue weighted by Crippen LogP contribution is 2.30. The van der Waals surface area contributed by atoms with Gasteiger partial charge in [0, 0.05) is 0 Å². The number of nitriles is 1. The normalized spacial score (nSPS) is 10.8. The molecule has 0 aliphatic heterocycles. The minimum atomic E-state index is -4.55. The van der Waals surface area contributed by atoms with E-state index in [9.17, 15) is 18.0 Å². The molecule has 0 aliphatic carbocycles. The molecule has 0 saturated heterocycles. The van der Waals surface area contributed by atoms with Crippen LogP contribution in [0.1, 0.15) is 23.6 Å². The third-order valence-corrected chi connectivity index (χ3v) is 2.10. The van der Waals surface area contributed by atoms with Gasteiger partial charge < -0.3 is 4.74 Å². The fourth-order valence-electron chi connectivity index (χ4n) is 1.40.